The summed E-state index contributed by atoms with van der Waals surface area (Å²) < 4.78 is 0. The molecule has 0 radical (unpaired) electrons. The van der Waals surface area contributed by atoms with E-state index in [0.717, 1.165) is 6.42 Å². The van der Waals surface area contributed by atoms with Crippen LogP contribution in [-0.2, 0) is 0 Å². The largest absolute Gasteiger partial charge is 0.338 e. The molecule has 3 N–H and O–H groups in total. The van der Waals surface area contributed by atoms with Crippen molar-refractivity contribution in [2.75, 3.05) is 6.54 Å². The molecule has 0 saturated carbocycles. The molecule has 4 heteroatoms. The summed E-state index contributed by atoms with van der Waals surface area (Å²) >= 11 is 0. The molecule has 2 saturated heterocycles. The Balaban J connectivity index is 1.79. The average Bonchev–Trinajstić information content (AvgIpc) is 2.65. The summed E-state index contributed by atoms with van der Waals surface area (Å²) in [5, 5.41) is 9.24. The third-order valence-electron chi connectivity index (χ3n) is 2.95. The van der Waals surface area contributed by atoms with E-state index in [9.17, 15) is 4.79 Å². The molecule has 0 aromatic heterocycles. The molecule has 0 spiro atoms. The van der Waals surface area contributed by atoms with Crippen molar-refractivity contribution in [3.63, 3.8) is 0 Å². The molecule has 2 bridgehead atoms. The molecule has 2 aliphatic rings. The van der Waals surface area contributed by atoms with Crippen LogP contribution in [0.25, 0.3) is 0 Å². The molecule has 2 rings (SSSR count). The fourth-order valence-electron chi connectivity index (χ4n) is 2.36. The second-order valence-corrected chi connectivity index (χ2v) is 3.89. The smallest absolute Gasteiger partial charge is 0.315 e. The maximum atomic E-state index is 11.2. The van der Waals surface area contributed by atoms with Gasteiger partial charge >= 0.3 is 6.03 Å². The summed E-state index contributed by atoms with van der Waals surface area (Å²) in [4.78, 5) is 11.2. The Kier molecular flexibility index (Phi) is 2.40. The van der Waals surface area contributed by atoms with E-state index in [-0.39, 0.29) is 6.03 Å². The highest BCUT2D eigenvalue weighted by atomic mass is 16.2. The van der Waals surface area contributed by atoms with Gasteiger partial charge in [0, 0.05) is 24.7 Å². The summed E-state index contributed by atoms with van der Waals surface area (Å²) in [6.07, 6.45) is 3.59. The van der Waals surface area contributed by atoms with E-state index < -0.39 is 0 Å². The Bertz CT molecular complexity index is 207. The van der Waals surface area contributed by atoms with Gasteiger partial charge in [0.25, 0.3) is 0 Å². The fourth-order valence-corrected chi connectivity index (χ4v) is 2.36. The Morgan fingerprint density at radius 1 is 1.54 bits per heavy atom. The lowest BCUT2D eigenvalue weighted by Crippen LogP contribution is -2.47. The molecule has 2 fully saturated rings. The Morgan fingerprint density at radius 2 is 2.38 bits per heavy atom. The molecule has 0 aliphatic carbocycles. The molecule has 2 aliphatic heterocycles. The van der Waals surface area contributed by atoms with E-state index in [4.69, 9.17) is 0 Å². The van der Waals surface area contributed by atoms with E-state index in [2.05, 4.69) is 16.0 Å². The number of hydrogen-bond acceptors (Lipinski definition) is 2. The molecule has 3 atom stereocenters. The number of fused-ring (bicyclic) bond motifs is 2. The standard InChI is InChI=1S/C9H17N3O/c1-2-10-9(13)12-8-5-6-3-4-7(8)11-6/h6-8,11H,2-5H2,1H3,(H2,10,12,13). The first kappa shape index (κ1) is 8.81. The Morgan fingerprint density at radius 3 is 2.92 bits per heavy atom. The molecule has 4 nitrogen and oxygen atoms in total. The zero-order chi connectivity index (χ0) is 9.26. The molecule has 74 valence electrons. The number of nitrogens with one attached hydrogen (secondary N) is 3. The number of carbonyl (C=O) groups excluding carboxylic acids is 1. The quantitative estimate of drug-likeness (QED) is 0.573. The first-order valence-corrected chi connectivity index (χ1v) is 5.10. The van der Waals surface area contributed by atoms with Crippen molar-refractivity contribution in [3.8, 4) is 0 Å². The molecule has 2 heterocycles. The van der Waals surface area contributed by atoms with Crippen LogP contribution in [0.1, 0.15) is 26.2 Å². The van der Waals surface area contributed by atoms with Gasteiger partial charge in [0.05, 0.1) is 0 Å². The van der Waals surface area contributed by atoms with Gasteiger partial charge in [0.2, 0.25) is 0 Å². The predicted molar refractivity (Wildman–Crippen MR) is 50.6 cm³/mol. The highest BCUT2D eigenvalue weighted by molar-refractivity contribution is 5.74. The normalized spacial score (nSPS) is 36.2. The van der Waals surface area contributed by atoms with Crippen LogP contribution < -0.4 is 16.0 Å². The van der Waals surface area contributed by atoms with Crippen LogP contribution in [0.15, 0.2) is 0 Å². The summed E-state index contributed by atoms with van der Waals surface area (Å²) in [6.45, 7) is 2.62. The van der Waals surface area contributed by atoms with E-state index in [0.29, 0.717) is 24.7 Å². The van der Waals surface area contributed by atoms with Crippen molar-refractivity contribution < 1.29 is 4.79 Å². The minimum absolute atomic E-state index is 0.0261. The molecule has 2 amide bonds. The van der Waals surface area contributed by atoms with Gasteiger partial charge in [0.1, 0.15) is 0 Å². The second kappa shape index (κ2) is 3.54. The van der Waals surface area contributed by atoms with E-state index in [1.165, 1.54) is 12.8 Å². The average molecular weight is 183 g/mol. The number of hydrogen-bond donors (Lipinski definition) is 3. The van der Waals surface area contributed by atoms with Gasteiger partial charge < -0.3 is 16.0 Å². The number of amides is 2. The first-order chi connectivity index (χ1) is 6.29. The third kappa shape index (κ3) is 1.77. The Labute approximate surface area is 78.5 Å². The van der Waals surface area contributed by atoms with E-state index in [1.807, 2.05) is 6.92 Å². The minimum atomic E-state index is -0.0261. The van der Waals surface area contributed by atoms with Gasteiger partial charge in [-0.3, -0.25) is 0 Å². The summed E-state index contributed by atoms with van der Waals surface area (Å²) in [5.74, 6) is 0. The lowest BCUT2D eigenvalue weighted by Gasteiger charge is -2.21. The van der Waals surface area contributed by atoms with E-state index >= 15 is 0 Å². The van der Waals surface area contributed by atoms with Crippen molar-refractivity contribution in [2.45, 2.75) is 44.3 Å². The molecular weight excluding hydrogens is 166 g/mol. The van der Waals surface area contributed by atoms with Crippen LogP contribution in [0.4, 0.5) is 4.79 Å². The van der Waals surface area contributed by atoms with Crippen LogP contribution in [0, 0.1) is 0 Å². The molecule has 0 aromatic carbocycles. The van der Waals surface area contributed by atoms with Crippen molar-refractivity contribution in [1.82, 2.24) is 16.0 Å². The first-order valence-electron chi connectivity index (χ1n) is 5.10. The molecule has 0 aromatic rings. The zero-order valence-corrected chi connectivity index (χ0v) is 7.97. The van der Waals surface area contributed by atoms with Gasteiger partial charge in [-0.05, 0) is 26.2 Å². The fraction of sp³-hybridized carbons (Fsp3) is 0.889. The third-order valence-corrected chi connectivity index (χ3v) is 2.95. The Hall–Kier alpha value is -0.770. The molecule has 3 unspecified atom stereocenters. The summed E-state index contributed by atoms with van der Waals surface area (Å²) in [7, 11) is 0. The van der Waals surface area contributed by atoms with Gasteiger partial charge in [-0.15, -0.1) is 0 Å². The van der Waals surface area contributed by atoms with Crippen LogP contribution in [0.2, 0.25) is 0 Å². The maximum absolute atomic E-state index is 11.2. The topological polar surface area (TPSA) is 53.2 Å². The highest BCUT2D eigenvalue weighted by Gasteiger charge is 2.39. The molecule has 13 heavy (non-hydrogen) atoms. The maximum Gasteiger partial charge on any atom is 0.315 e. The van der Waals surface area contributed by atoms with Crippen LogP contribution >= 0.6 is 0 Å². The van der Waals surface area contributed by atoms with Gasteiger partial charge in [-0.1, -0.05) is 0 Å². The number of carbonyl (C=O) groups is 1. The van der Waals surface area contributed by atoms with Crippen LogP contribution in [-0.4, -0.2) is 30.7 Å². The second-order valence-electron chi connectivity index (χ2n) is 3.89. The van der Waals surface area contributed by atoms with Gasteiger partial charge in [-0.2, -0.15) is 0 Å². The number of rotatable bonds is 2. The lowest BCUT2D eigenvalue weighted by atomic mass is 9.96. The zero-order valence-electron chi connectivity index (χ0n) is 7.97. The SMILES string of the molecule is CCNC(=O)NC1CC2CCC1N2. The predicted octanol–water partition coefficient (Wildman–Crippen LogP) is 0.198. The van der Waals surface area contributed by atoms with Crippen molar-refractivity contribution >= 4 is 6.03 Å². The van der Waals surface area contributed by atoms with Gasteiger partial charge in [-0.25, -0.2) is 4.79 Å². The van der Waals surface area contributed by atoms with Gasteiger partial charge in [0.15, 0.2) is 0 Å². The number of urea groups is 1. The lowest BCUT2D eigenvalue weighted by molar-refractivity contribution is 0.235. The van der Waals surface area contributed by atoms with E-state index in [1.54, 1.807) is 0 Å². The summed E-state index contributed by atoms with van der Waals surface area (Å²) in [5.41, 5.74) is 0. The van der Waals surface area contributed by atoms with Crippen molar-refractivity contribution in [1.29, 1.82) is 0 Å². The highest BCUT2D eigenvalue weighted by Crippen LogP contribution is 2.27. The van der Waals surface area contributed by atoms with Crippen LogP contribution in [0.5, 0.6) is 0 Å². The minimum Gasteiger partial charge on any atom is -0.338 e. The summed E-state index contributed by atoms with van der Waals surface area (Å²) in [6, 6.07) is 1.50. The van der Waals surface area contributed by atoms with Crippen molar-refractivity contribution in [3.05, 3.63) is 0 Å². The molecular formula is C9H17N3O. The van der Waals surface area contributed by atoms with Crippen LogP contribution in [0.3, 0.4) is 0 Å². The monoisotopic (exact) mass is 183 g/mol. The van der Waals surface area contributed by atoms with Crippen molar-refractivity contribution in [2.24, 2.45) is 0 Å².